The van der Waals surface area contributed by atoms with Gasteiger partial charge in [0, 0.05) is 5.56 Å². The first-order valence-electron chi connectivity index (χ1n) is 9.30. The summed E-state index contributed by atoms with van der Waals surface area (Å²) in [7, 11) is 0. The molecule has 2 amide bonds. The Kier molecular flexibility index (Phi) is 4.30. The molecule has 2 aromatic rings. The first-order chi connectivity index (χ1) is 13.0. The van der Waals surface area contributed by atoms with Crippen molar-refractivity contribution in [3.8, 4) is 0 Å². The van der Waals surface area contributed by atoms with Gasteiger partial charge in [-0.3, -0.25) is 14.6 Å². The third-order valence-electron chi connectivity index (χ3n) is 5.31. The highest BCUT2D eigenvalue weighted by Gasteiger charge is 2.41. The molecule has 4 rings (SSSR count). The van der Waals surface area contributed by atoms with E-state index in [9.17, 15) is 9.59 Å². The second-order valence-corrected chi connectivity index (χ2v) is 7.57. The molecule has 0 spiro atoms. The first-order valence-corrected chi connectivity index (χ1v) is 9.30. The lowest BCUT2D eigenvalue weighted by atomic mass is 10.1. The molecule has 0 saturated carbocycles. The number of carbonyl (C=O) groups excluding carboxylic acids is 2. The predicted octanol–water partition coefficient (Wildman–Crippen LogP) is 2.86. The molecule has 5 heteroatoms. The van der Waals surface area contributed by atoms with Crippen LogP contribution in [0.5, 0.6) is 0 Å². The molecule has 0 bridgehead atoms. The van der Waals surface area contributed by atoms with Crippen molar-refractivity contribution in [1.29, 1.82) is 0 Å². The van der Waals surface area contributed by atoms with E-state index >= 15 is 0 Å². The van der Waals surface area contributed by atoms with Gasteiger partial charge in [0.1, 0.15) is 17.9 Å². The standard InChI is InChI=1S/C22H23N3O2/c1-22(2)24-20(16-9-4-3-5-10-16)21(27)25(22)14-19(26)23-18-13-12-15-8-6-7-11-17(15)18/h3-11,18H,12-14H2,1-2H3,(H,23,26)/t18-/m1/s1. The minimum absolute atomic E-state index is 0.00430. The number of nitrogens with zero attached hydrogens (tertiary/aromatic N) is 2. The van der Waals surface area contributed by atoms with Gasteiger partial charge < -0.3 is 10.2 Å². The van der Waals surface area contributed by atoms with Crippen LogP contribution >= 0.6 is 0 Å². The summed E-state index contributed by atoms with van der Waals surface area (Å²) in [4.78, 5) is 31.7. The number of amides is 2. The average Bonchev–Trinajstić information content (AvgIpc) is 3.16. The molecule has 1 atom stereocenters. The zero-order valence-electron chi connectivity index (χ0n) is 15.6. The van der Waals surface area contributed by atoms with Crippen LogP contribution in [0.1, 0.15) is 43.0 Å². The topological polar surface area (TPSA) is 61.8 Å². The van der Waals surface area contributed by atoms with Gasteiger partial charge in [0.05, 0.1) is 6.04 Å². The molecule has 0 unspecified atom stereocenters. The van der Waals surface area contributed by atoms with E-state index in [1.165, 1.54) is 11.1 Å². The summed E-state index contributed by atoms with van der Waals surface area (Å²) < 4.78 is 0. The number of hydrogen-bond donors (Lipinski definition) is 1. The van der Waals surface area contributed by atoms with Gasteiger partial charge in [-0.1, -0.05) is 54.6 Å². The Balaban J connectivity index is 1.47. The highest BCUT2D eigenvalue weighted by Crippen LogP contribution is 2.31. The lowest BCUT2D eigenvalue weighted by Gasteiger charge is -2.29. The minimum atomic E-state index is -0.743. The Labute approximate surface area is 159 Å². The van der Waals surface area contributed by atoms with Crippen molar-refractivity contribution in [2.24, 2.45) is 4.99 Å². The quantitative estimate of drug-likeness (QED) is 0.910. The molecule has 1 aliphatic carbocycles. The van der Waals surface area contributed by atoms with Crippen molar-refractivity contribution in [3.05, 3.63) is 71.3 Å². The van der Waals surface area contributed by atoms with Crippen LogP contribution in [0.25, 0.3) is 0 Å². The number of fused-ring (bicyclic) bond motifs is 1. The lowest BCUT2D eigenvalue weighted by molar-refractivity contribution is -0.134. The van der Waals surface area contributed by atoms with E-state index in [1.54, 1.807) is 4.90 Å². The summed E-state index contributed by atoms with van der Waals surface area (Å²) in [6, 6.07) is 17.6. The fourth-order valence-electron chi connectivity index (χ4n) is 3.90. The number of benzene rings is 2. The van der Waals surface area contributed by atoms with Gasteiger partial charge in [0.25, 0.3) is 5.91 Å². The molecule has 0 saturated heterocycles. The van der Waals surface area contributed by atoms with E-state index in [0.717, 1.165) is 18.4 Å². The second kappa shape index (κ2) is 6.65. The van der Waals surface area contributed by atoms with Gasteiger partial charge in [-0.05, 0) is 37.8 Å². The first kappa shape index (κ1) is 17.5. The van der Waals surface area contributed by atoms with Gasteiger partial charge >= 0.3 is 0 Å². The summed E-state index contributed by atoms with van der Waals surface area (Å²) in [5, 5.41) is 3.09. The fourth-order valence-corrected chi connectivity index (χ4v) is 3.90. The molecule has 2 aliphatic rings. The van der Waals surface area contributed by atoms with E-state index in [2.05, 4.69) is 22.4 Å². The summed E-state index contributed by atoms with van der Waals surface area (Å²) in [6.45, 7) is 3.72. The smallest absolute Gasteiger partial charge is 0.275 e. The highest BCUT2D eigenvalue weighted by atomic mass is 16.2. The summed E-state index contributed by atoms with van der Waals surface area (Å²) in [5.74, 6) is -0.351. The molecule has 1 heterocycles. The molecule has 1 aliphatic heterocycles. The molecule has 2 aromatic carbocycles. The van der Waals surface area contributed by atoms with Crippen molar-refractivity contribution in [2.75, 3.05) is 6.54 Å². The molecule has 0 fully saturated rings. The van der Waals surface area contributed by atoms with Crippen molar-refractivity contribution in [1.82, 2.24) is 10.2 Å². The Morgan fingerprint density at radius 1 is 1.15 bits per heavy atom. The Morgan fingerprint density at radius 3 is 2.63 bits per heavy atom. The third kappa shape index (κ3) is 3.25. The van der Waals surface area contributed by atoms with E-state index in [4.69, 9.17) is 0 Å². The molecule has 5 nitrogen and oxygen atoms in total. The van der Waals surface area contributed by atoms with Crippen LogP contribution in [-0.2, 0) is 16.0 Å². The summed E-state index contributed by atoms with van der Waals surface area (Å²) >= 11 is 0. The van der Waals surface area contributed by atoms with Crippen LogP contribution < -0.4 is 5.32 Å². The fraction of sp³-hybridized carbons (Fsp3) is 0.318. The predicted molar refractivity (Wildman–Crippen MR) is 104 cm³/mol. The molecular formula is C22H23N3O2. The Morgan fingerprint density at radius 2 is 1.85 bits per heavy atom. The van der Waals surface area contributed by atoms with Crippen molar-refractivity contribution >= 4 is 17.5 Å². The van der Waals surface area contributed by atoms with Crippen LogP contribution in [0, 0.1) is 0 Å². The average molecular weight is 361 g/mol. The SMILES string of the molecule is CC1(C)N=C(c2ccccc2)C(=O)N1CC(=O)N[C@@H]1CCc2ccccc21. The summed E-state index contributed by atoms with van der Waals surface area (Å²) in [6.07, 6.45) is 1.87. The van der Waals surface area contributed by atoms with Gasteiger partial charge in [-0.2, -0.15) is 0 Å². The third-order valence-corrected chi connectivity index (χ3v) is 5.31. The maximum Gasteiger partial charge on any atom is 0.275 e. The van der Waals surface area contributed by atoms with E-state index in [0.29, 0.717) is 5.71 Å². The number of aliphatic imine (C=N–C) groups is 1. The highest BCUT2D eigenvalue weighted by molar-refractivity contribution is 6.46. The zero-order valence-corrected chi connectivity index (χ0v) is 15.6. The van der Waals surface area contributed by atoms with Crippen LogP contribution in [-0.4, -0.2) is 34.6 Å². The number of rotatable bonds is 4. The molecule has 1 N–H and O–H groups in total. The normalized spacial score (nSPS) is 20.4. The number of nitrogens with one attached hydrogen (secondary N) is 1. The number of carbonyl (C=O) groups is 2. The lowest BCUT2D eigenvalue weighted by Crippen LogP contribution is -2.48. The van der Waals surface area contributed by atoms with Crippen LogP contribution in [0.15, 0.2) is 59.6 Å². The van der Waals surface area contributed by atoms with E-state index in [-0.39, 0.29) is 24.4 Å². The largest absolute Gasteiger partial charge is 0.348 e. The van der Waals surface area contributed by atoms with Crippen molar-refractivity contribution < 1.29 is 9.59 Å². The number of hydrogen-bond acceptors (Lipinski definition) is 3. The van der Waals surface area contributed by atoms with Crippen LogP contribution in [0.3, 0.4) is 0 Å². The molecule has 0 aromatic heterocycles. The van der Waals surface area contributed by atoms with Gasteiger partial charge in [0.2, 0.25) is 5.91 Å². The van der Waals surface area contributed by atoms with Crippen molar-refractivity contribution in [2.45, 2.75) is 38.4 Å². The molecule has 0 radical (unpaired) electrons. The van der Waals surface area contributed by atoms with Crippen molar-refractivity contribution in [3.63, 3.8) is 0 Å². The maximum absolute atomic E-state index is 12.9. The van der Waals surface area contributed by atoms with Gasteiger partial charge in [-0.25, -0.2) is 0 Å². The van der Waals surface area contributed by atoms with Gasteiger partial charge in [-0.15, -0.1) is 0 Å². The monoisotopic (exact) mass is 361 g/mol. The zero-order chi connectivity index (χ0) is 19.0. The molecule has 27 heavy (non-hydrogen) atoms. The second-order valence-electron chi connectivity index (χ2n) is 7.57. The molecular weight excluding hydrogens is 338 g/mol. The maximum atomic E-state index is 12.9. The Hall–Kier alpha value is -2.95. The van der Waals surface area contributed by atoms with Gasteiger partial charge in [0.15, 0.2) is 0 Å². The minimum Gasteiger partial charge on any atom is -0.348 e. The van der Waals surface area contributed by atoms with Crippen LogP contribution in [0.4, 0.5) is 0 Å². The number of aryl methyl sites for hydroxylation is 1. The van der Waals surface area contributed by atoms with E-state index in [1.807, 2.05) is 56.3 Å². The van der Waals surface area contributed by atoms with Crippen LogP contribution in [0.2, 0.25) is 0 Å². The summed E-state index contributed by atoms with van der Waals surface area (Å²) in [5.41, 5.74) is 2.92. The van der Waals surface area contributed by atoms with E-state index < -0.39 is 5.66 Å². The molecule has 138 valence electrons. The Bertz CT molecular complexity index is 918.